The lowest BCUT2D eigenvalue weighted by Gasteiger charge is -2.33. The normalized spacial score (nSPS) is 15.5. The highest BCUT2D eigenvalue weighted by Crippen LogP contribution is 2.18. The second-order valence-corrected chi connectivity index (χ2v) is 4.77. The number of carboxylic acids is 1. The fraction of sp³-hybridized carbons (Fsp3) is 0.357. The number of carbonyl (C=O) groups excluding carboxylic acids is 2. The number of anilines is 1. The van der Waals surface area contributed by atoms with Crippen LogP contribution in [0.15, 0.2) is 24.3 Å². The van der Waals surface area contributed by atoms with Crippen LogP contribution in [-0.4, -0.2) is 47.4 Å². The molecule has 1 N–H and O–H groups in total. The molecule has 1 fully saturated rings. The van der Waals surface area contributed by atoms with Crippen molar-refractivity contribution in [3.05, 3.63) is 30.1 Å². The third-order valence-electron chi connectivity index (χ3n) is 3.22. The summed E-state index contributed by atoms with van der Waals surface area (Å²) in [6.07, 6.45) is 0.155. The maximum Gasteiger partial charge on any atom is 0.303 e. The van der Waals surface area contributed by atoms with Gasteiger partial charge in [0.1, 0.15) is 5.82 Å². The Kier molecular flexibility index (Phi) is 4.52. The molecular weight excluding hydrogens is 279 g/mol. The smallest absolute Gasteiger partial charge is 0.303 e. The third kappa shape index (κ3) is 3.77. The van der Waals surface area contributed by atoms with Gasteiger partial charge in [0.2, 0.25) is 11.8 Å². The molecule has 1 aromatic carbocycles. The van der Waals surface area contributed by atoms with Gasteiger partial charge < -0.3 is 10.0 Å². The van der Waals surface area contributed by atoms with E-state index in [4.69, 9.17) is 5.11 Å². The quantitative estimate of drug-likeness (QED) is 0.815. The van der Waals surface area contributed by atoms with Gasteiger partial charge in [-0.2, -0.15) is 0 Å². The van der Waals surface area contributed by atoms with Crippen LogP contribution in [0, 0.1) is 5.82 Å². The Labute approximate surface area is 120 Å². The molecule has 6 nitrogen and oxygen atoms in total. The van der Waals surface area contributed by atoms with Gasteiger partial charge in [-0.15, -0.1) is 0 Å². The number of amides is 2. The average molecular weight is 294 g/mol. The summed E-state index contributed by atoms with van der Waals surface area (Å²) in [6.45, 7) is 0.149. The zero-order valence-electron chi connectivity index (χ0n) is 11.3. The molecule has 112 valence electrons. The van der Waals surface area contributed by atoms with E-state index < -0.39 is 5.97 Å². The van der Waals surface area contributed by atoms with E-state index in [9.17, 15) is 18.8 Å². The first-order valence-corrected chi connectivity index (χ1v) is 6.53. The van der Waals surface area contributed by atoms with Crippen molar-refractivity contribution >= 4 is 23.5 Å². The summed E-state index contributed by atoms with van der Waals surface area (Å²) in [6, 6.07) is 5.55. The number of carbonyl (C=O) groups is 3. The van der Waals surface area contributed by atoms with E-state index in [1.54, 1.807) is 4.90 Å². The second-order valence-electron chi connectivity index (χ2n) is 4.77. The summed E-state index contributed by atoms with van der Waals surface area (Å²) in [7, 11) is 0. The molecule has 0 radical (unpaired) electrons. The Bertz CT molecular complexity index is 541. The number of benzene rings is 1. The van der Waals surface area contributed by atoms with Gasteiger partial charge in [0.05, 0.1) is 13.1 Å². The van der Waals surface area contributed by atoms with Gasteiger partial charge >= 0.3 is 5.97 Å². The van der Waals surface area contributed by atoms with Crippen molar-refractivity contribution in [2.75, 3.05) is 24.5 Å². The van der Waals surface area contributed by atoms with E-state index in [0.29, 0.717) is 5.69 Å². The van der Waals surface area contributed by atoms with Crippen molar-refractivity contribution in [2.45, 2.75) is 12.8 Å². The number of carboxylic acid groups (broad SMARTS) is 1. The fourth-order valence-electron chi connectivity index (χ4n) is 2.16. The zero-order valence-corrected chi connectivity index (χ0v) is 11.3. The van der Waals surface area contributed by atoms with E-state index >= 15 is 0 Å². The van der Waals surface area contributed by atoms with E-state index in [2.05, 4.69) is 0 Å². The summed E-state index contributed by atoms with van der Waals surface area (Å²) in [5, 5.41) is 8.56. The predicted molar refractivity (Wildman–Crippen MR) is 72.2 cm³/mol. The van der Waals surface area contributed by atoms with Crippen LogP contribution < -0.4 is 4.90 Å². The van der Waals surface area contributed by atoms with Crippen molar-refractivity contribution in [3.8, 4) is 0 Å². The maximum absolute atomic E-state index is 12.9. The van der Waals surface area contributed by atoms with Crippen LogP contribution in [0.1, 0.15) is 12.8 Å². The molecule has 0 aromatic heterocycles. The summed E-state index contributed by atoms with van der Waals surface area (Å²) in [5.41, 5.74) is 0.600. The number of piperazine rings is 1. The summed E-state index contributed by atoms with van der Waals surface area (Å²) in [4.78, 5) is 37.0. The molecule has 0 saturated carbocycles. The van der Waals surface area contributed by atoms with Crippen molar-refractivity contribution in [1.29, 1.82) is 0 Å². The molecule has 0 bridgehead atoms. The minimum absolute atomic E-state index is 0.0183. The van der Waals surface area contributed by atoms with Crippen LogP contribution in [0.25, 0.3) is 0 Å². The number of aliphatic carboxylic acids is 1. The molecule has 2 amide bonds. The van der Waals surface area contributed by atoms with Crippen LogP contribution in [0.2, 0.25) is 0 Å². The Hall–Kier alpha value is -2.44. The molecule has 2 rings (SSSR count). The molecule has 0 unspecified atom stereocenters. The van der Waals surface area contributed by atoms with Crippen molar-refractivity contribution in [3.63, 3.8) is 0 Å². The van der Waals surface area contributed by atoms with Gasteiger partial charge in [-0.1, -0.05) is 0 Å². The number of halogens is 1. The van der Waals surface area contributed by atoms with Crippen LogP contribution in [-0.2, 0) is 14.4 Å². The van der Waals surface area contributed by atoms with Crippen LogP contribution in [0.5, 0.6) is 0 Å². The minimum atomic E-state index is -0.958. The monoisotopic (exact) mass is 294 g/mol. The highest BCUT2D eigenvalue weighted by atomic mass is 19.1. The Balaban J connectivity index is 1.98. The molecule has 21 heavy (non-hydrogen) atoms. The Morgan fingerprint density at radius 1 is 1.14 bits per heavy atom. The number of rotatable bonds is 5. The van der Waals surface area contributed by atoms with E-state index in [1.165, 1.54) is 24.3 Å². The molecule has 1 aromatic rings. The van der Waals surface area contributed by atoms with Crippen LogP contribution in [0.3, 0.4) is 0 Å². The first-order valence-electron chi connectivity index (χ1n) is 6.53. The van der Waals surface area contributed by atoms with Crippen molar-refractivity contribution in [1.82, 2.24) is 4.90 Å². The summed E-state index contributed by atoms with van der Waals surface area (Å²) in [5.74, 6) is -2.09. The SMILES string of the molecule is O=C(O)CCCN1C(=O)CN(c2ccc(F)cc2)CC1=O. The molecule has 0 aliphatic carbocycles. The van der Waals surface area contributed by atoms with Crippen LogP contribution in [0.4, 0.5) is 10.1 Å². The lowest BCUT2D eigenvalue weighted by Crippen LogP contribution is -2.54. The third-order valence-corrected chi connectivity index (χ3v) is 3.22. The molecule has 7 heteroatoms. The van der Waals surface area contributed by atoms with Gasteiger partial charge in [0, 0.05) is 18.7 Å². The maximum atomic E-state index is 12.9. The van der Waals surface area contributed by atoms with Crippen LogP contribution >= 0.6 is 0 Å². The molecular formula is C14H15FN2O4. The summed E-state index contributed by atoms with van der Waals surface area (Å²) >= 11 is 0. The molecule has 0 atom stereocenters. The predicted octanol–water partition coefficient (Wildman–Crippen LogP) is 0.866. The lowest BCUT2D eigenvalue weighted by molar-refractivity contribution is -0.146. The van der Waals surface area contributed by atoms with Gasteiger partial charge in [-0.3, -0.25) is 19.3 Å². The van der Waals surface area contributed by atoms with Gasteiger partial charge in [-0.05, 0) is 30.7 Å². The topological polar surface area (TPSA) is 77.9 Å². The second kappa shape index (κ2) is 6.34. The standard InChI is InChI=1S/C14H15FN2O4/c15-10-3-5-11(6-4-10)16-8-12(18)17(13(19)9-16)7-1-2-14(20)21/h3-6H,1-2,7-9H2,(H,20,21). The lowest BCUT2D eigenvalue weighted by atomic mass is 10.2. The minimum Gasteiger partial charge on any atom is -0.481 e. The number of imide groups is 1. The average Bonchev–Trinajstić information content (AvgIpc) is 2.42. The first kappa shape index (κ1) is 15.0. The van der Waals surface area contributed by atoms with E-state index in [-0.39, 0.29) is 50.1 Å². The van der Waals surface area contributed by atoms with Gasteiger partial charge in [-0.25, -0.2) is 4.39 Å². The number of hydrogen-bond acceptors (Lipinski definition) is 4. The van der Waals surface area contributed by atoms with Crippen molar-refractivity contribution in [2.24, 2.45) is 0 Å². The molecule has 1 saturated heterocycles. The van der Waals surface area contributed by atoms with Crippen molar-refractivity contribution < 1.29 is 23.9 Å². The van der Waals surface area contributed by atoms with Gasteiger partial charge in [0.25, 0.3) is 0 Å². The summed E-state index contributed by atoms with van der Waals surface area (Å²) < 4.78 is 12.9. The molecule has 0 spiro atoms. The Morgan fingerprint density at radius 2 is 1.71 bits per heavy atom. The molecule has 1 heterocycles. The first-order chi connectivity index (χ1) is 9.97. The number of hydrogen-bond donors (Lipinski definition) is 1. The highest BCUT2D eigenvalue weighted by molar-refractivity contribution is 6.02. The largest absolute Gasteiger partial charge is 0.481 e. The van der Waals surface area contributed by atoms with E-state index in [0.717, 1.165) is 4.90 Å². The Morgan fingerprint density at radius 3 is 2.24 bits per heavy atom. The molecule has 1 aliphatic heterocycles. The highest BCUT2D eigenvalue weighted by Gasteiger charge is 2.30. The van der Waals surface area contributed by atoms with E-state index in [1.807, 2.05) is 0 Å². The van der Waals surface area contributed by atoms with Gasteiger partial charge in [0.15, 0.2) is 0 Å². The molecule has 1 aliphatic rings. The zero-order chi connectivity index (χ0) is 15.4. The fourth-order valence-corrected chi connectivity index (χ4v) is 2.16. The number of nitrogens with zero attached hydrogens (tertiary/aromatic N) is 2.